The van der Waals surface area contributed by atoms with Crippen molar-refractivity contribution in [2.45, 2.75) is 405 Å². The highest BCUT2D eigenvalue weighted by atomic mass is 16.5. The molecule has 0 fully saturated rings. The van der Waals surface area contributed by atoms with Gasteiger partial charge < -0.3 is 20.3 Å². The van der Waals surface area contributed by atoms with Crippen LogP contribution >= 0.6 is 0 Å². The smallest absolute Gasteiger partial charge is 0.305 e. The number of rotatable bonds is 67. The number of hydrogen-bond donors (Lipinski definition) is 3. The van der Waals surface area contributed by atoms with E-state index in [1.165, 1.54) is 321 Å². The summed E-state index contributed by atoms with van der Waals surface area (Å²) in [5.74, 6) is -0.0558. The lowest BCUT2D eigenvalue weighted by Gasteiger charge is -2.20. The van der Waals surface area contributed by atoms with E-state index in [1.54, 1.807) is 6.08 Å². The van der Waals surface area contributed by atoms with Gasteiger partial charge in [0.1, 0.15) is 0 Å². The molecule has 0 bridgehead atoms. The van der Waals surface area contributed by atoms with Gasteiger partial charge in [0, 0.05) is 12.8 Å². The molecule has 0 aliphatic carbocycles. The molecular formula is C73H139NO5. The lowest BCUT2D eigenvalue weighted by atomic mass is 10.0. The molecular weight excluding hydrogens is 971 g/mol. The third-order valence-electron chi connectivity index (χ3n) is 16.7. The second-order valence-electron chi connectivity index (χ2n) is 24.6. The molecule has 0 saturated carbocycles. The van der Waals surface area contributed by atoms with E-state index >= 15 is 0 Å². The molecule has 0 aromatic rings. The second-order valence-corrected chi connectivity index (χ2v) is 24.6. The van der Waals surface area contributed by atoms with Gasteiger partial charge in [-0.1, -0.05) is 352 Å². The minimum absolute atomic E-state index is 0.0114. The van der Waals surface area contributed by atoms with Crippen LogP contribution in [-0.2, 0) is 14.3 Å². The van der Waals surface area contributed by atoms with Gasteiger partial charge in [-0.25, -0.2) is 0 Å². The van der Waals surface area contributed by atoms with Crippen molar-refractivity contribution in [3.63, 3.8) is 0 Å². The van der Waals surface area contributed by atoms with Gasteiger partial charge in [0.05, 0.1) is 25.4 Å². The summed E-state index contributed by atoms with van der Waals surface area (Å²) >= 11 is 0. The van der Waals surface area contributed by atoms with Crippen molar-refractivity contribution in [1.82, 2.24) is 5.32 Å². The van der Waals surface area contributed by atoms with E-state index in [-0.39, 0.29) is 18.5 Å². The van der Waals surface area contributed by atoms with Crippen molar-refractivity contribution in [1.29, 1.82) is 0 Å². The number of allylic oxidation sites excluding steroid dienone is 5. The summed E-state index contributed by atoms with van der Waals surface area (Å²) in [6.07, 6.45) is 88.0. The summed E-state index contributed by atoms with van der Waals surface area (Å²) in [7, 11) is 0. The molecule has 6 nitrogen and oxygen atoms in total. The Labute approximate surface area is 494 Å². The topological polar surface area (TPSA) is 95.9 Å². The zero-order chi connectivity index (χ0) is 57.1. The predicted molar refractivity (Wildman–Crippen MR) is 347 cm³/mol. The Morgan fingerprint density at radius 2 is 0.633 bits per heavy atom. The lowest BCUT2D eigenvalue weighted by molar-refractivity contribution is -0.143. The van der Waals surface area contributed by atoms with E-state index in [4.69, 9.17) is 4.74 Å². The molecule has 0 aromatic carbocycles. The Balaban J connectivity index is 3.45. The van der Waals surface area contributed by atoms with Crippen LogP contribution in [0.4, 0.5) is 0 Å². The maximum atomic E-state index is 12.5. The standard InChI is InChI=1S/C73H139NO5/c1-3-5-7-9-11-13-15-17-18-19-20-21-27-30-33-36-39-42-45-49-53-57-61-65-71(76)70(69-75)74-72(77)66-62-58-54-50-46-43-40-37-34-31-28-25-23-22-24-26-29-32-35-38-41-44-48-52-56-60-64-68-79-73(78)67-63-59-55-51-47-16-14-12-10-8-6-4-2/h22-23,26,29,61,65,70-71,75-76H,3-21,24-25,27-28,30-60,62-64,66-69H2,1-2H3,(H,74,77)/b23-22-,29-26-,65-61+. The molecule has 1 amide bonds. The predicted octanol–water partition coefficient (Wildman–Crippen LogP) is 23.1. The number of nitrogens with one attached hydrogen (secondary N) is 1. The first-order chi connectivity index (χ1) is 39.0. The van der Waals surface area contributed by atoms with Crippen LogP contribution in [0.25, 0.3) is 0 Å². The summed E-state index contributed by atoms with van der Waals surface area (Å²) in [6, 6.07) is -0.632. The van der Waals surface area contributed by atoms with Gasteiger partial charge in [0.25, 0.3) is 0 Å². The highest BCUT2D eigenvalue weighted by Gasteiger charge is 2.18. The third kappa shape index (κ3) is 65.1. The first kappa shape index (κ1) is 77.1. The average Bonchev–Trinajstić information content (AvgIpc) is 3.45. The van der Waals surface area contributed by atoms with E-state index in [9.17, 15) is 19.8 Å². The van der Waals surface area contributed by atoms with Crippen LogP contribution in [0.2, 0.25) is 0 Å². The molecule has 0 aliphatic rings. The number of carbonyl (C=O) groups is 2. The molecule has 0 spiro atoms. The van der Waals surface area contributed by atoms with Crippen LogP contribution < -0.4 is 5.32 Å². The van der Waals surface area contributed by atoms with Crippen molar-refractivity contribution >= 4 is 11.9 Å². The number of aliphatic hydroxyl groups excluding tert-OH is 2. The molecule has 0 rings (SSSR count). The van der Waals surface area contributed by atoms with Crippen LogP contribution in [0.5, 0.6) is 0 Å². The van der Waals surface area contributed by atoms with Crippen LogP contribution in [-0.4, -0.2) is 47.4 Å². The summed E-state index contributed by atoms with van der Waals surface area (Å²) in [5, 5.41) is 23.3. The fraction of sp³-hybridized carbons (Fsp3) is 0.890. The van der Waals surface area contributed by atoms with E-state index in [1.807, 2.05) is 6.08 Å². The highest BCUT2D eigenvalue weighted by molar-refractivity contribution is 5.76. The van der Waals surface area contributed by atoms with Gasteiger partial charge in [-0.3, -0.25) is 9.59 Å². The molecule has 0 aromatic heterocycles. The molecule has 2 unspecified atom stereocenters. The monoisotopic (exact) mass is 1110 g/mol. The van der Waals surface area contributed by atoms with Crippen LogP contribution in [0.1, 0.15) is 393 Å². The summed E-state index contributed by atoms with van der Waals surface area (Å²) < 4.78 is 5.48. The molecule has 466 valence electrons. The number of ether oxygens (including phenoxy) is 1. The Kier molecular flexibility index (Phi) is 66.9. The number of hydrogen-bond acceptors (Lipinski definition) is 5. The summed E-state index contributed by atoms with van der Waals surface area (Å²) in [6.45, 7) is 4.93. The van der Waals surface area contributed by atoms with Gasteiger partial charge >= 0.3 is 5.97 Å². The normalized spacial score (nSPS) is 12.7. The molecule has 79 heavy (non-hydrogen) atoms. The van der Waals surface area contributed by atoms with Gasteiger partial charge in [0.15, 0.2) is 0 Å². The number of esters is 1. The maximum Gasteiger partial charge on any atom is 0.305 e. The van der Waals surface area contributed by atoms with Crippen molar-refractivity contribution in [2.75, 3.05) is 13.2 Å². The van der Waals surface area contributed by atoms with Gasteiger partial charge in [-0.15, -0.1) is 0 Å². The molecule has 0 heterocycles. The van der Waals surface area contributed by atoms with Crippen molar-refractivity contribution in [2.24, 2.45) is 0 Å². The molecule has 0 saturated heterocycles. The Morgan fingerprint density at radius 1 is 0.354 bits per heavy atom. The SMILES string of the molecule is CCCCCCCCCCCCCCCCCCCCCCC/C=C/C(O)C(CO)NC(=O)CCCCCCCCCCCCC/C=C\C/C=C\CCCCCCCCCCCOC(=O)CCCCCCCCCCCCCC. The van der Waals surface area contributed by atoms with Crippen LogP contribution in [0.3, 0.4) is 0 Å². The first-order valence-corrected chi connectivity index (χ1v) is 35.8. The van der Waals surface area contributed by atoms with Crippen molar-refractivity contribution in [3.05, 3.63) is 36.5 Å². The van der Waals surface area contributed by atoms with E-state index in [2.05, 4.69) is 43.5 Å². The van der Waals surface area contributed by atoms with Crippen molar-refractivity contribution < 1.29 is 24.5 Å². The third-order valence-corrected chi connectivity index (χ3v) is 16.7. The van der Waals surface area contributed by atoms with Gasteiger partial charge in [-0.2, -0.15) is 0 Å². The lowest BCUT2D eigenvalue weighted by Crippen LogP contribution is -2.45. The quantitative estimate of drug-likeness (QED) is 0.0320. The maximum absolute atomic E-state index is 12.5. The second kappa shape index (κ2) is 68.6. The first-order valence-electron chi connectivity index (χ1n) is 35.8. The number of carbonyl (C=O) groups excluding carboxylic acids is 2. The zero-order valence-electron chi connectivity index (χ0n) is 53.4. The highest BCUT2D eigenvalue weighted by Crippen LogP contribution is 2.18. The Hall–Kier alpha value is -1.92. The van der Waals surface area contributed by atoms with Crippen LogP contribution in [0, 0.1) is 0 Å². The average molecular weight is 1110 g/mol. The minimum atomic E-state index is -0.848. The number of amides is 1. The Bertz CT molecular complexity index is 1280. The molecule has 2 atom stereocenters. The molecule has 3 N–H and O–H groups in total. The van der Waals surface area contributed by atoms with Gasteiger partial charge in [-0.05, 0) is 64.2 Å². The van der Waals surface area contributed by atoms with E-state index in [0.717, 1.165) is 44.9 Å². The van der Waals surface area contributed by atoms with Crippen LogP contribution in [0.15, 0.2) is 36.5 Å². The van der Waals surface area contributed by atoms with E-state index < -0.39 is 12.1 Å². The number of unbranched alkanes of at least 4 members (excludes halogenated alkanes) is 52. The van der Waals surface area contributed by atoms with E-state index in [0.29, 0.717) is 19.4 Å². The molecule has 0 radical (unpaired) electrons. The minimum Gasteiger partial charge on any atom is -0.466 e. The zero-order valence-corrected chi connectivity index (χ0v) is 53.4. The Morgan fingerprint density at radius 3 is 0.962 bits per heavy atom. The summed E-state index contributed by atoms with van der Waals surface area (Å²) in [5.41, 5.74) is 0. The largest absolute Gasteiger partial charge is 0.466 e. The fourth-order valence-electron chi connectivity index (χ4n) is 11.2. The fourth-order valence-corrected chi connectivity index (χ4v) is 11.2. The molecule has 6 heteroatoms. The summed E-state index contributed by atoms with van der Waals surface area (Å²) in [4.78, 5) is 24.6. The van der Waals surface area contributed by atoms with Crippen molar-refractivity contribution in [3.8, 4) is 0 Å². The van der Waals surface area contributed by atoms with Gasteiger partial charge in [0.2, 0.25) is 5.91 Å². The molecule has 0 aliphatic heterocycles. The number of aliphatic hydroxyl groups is 2.